The Bertz CT molecular complexity index is 1010. The maximum atomic E-state index is 12.9. The first kappa shape index (κ1) is 22.0. The van der Waals surface area contributed by atoms with Crippen LogP contribution in [0.1, 0.15) is 27.9 Å². The van der Waals surface area contributed by atoms with Gasteiger partial charge in [0.15, 0.2) is 0 Å². The number of carbonyl (C=O) groups is 1. The summed E-state index contributed by atoms with van der Waals surface area (Å²) < 4.78 is 26.5. The van der Waals surface area contributed by atoms with Crippen molar-refractivity contribution in [2.45, 2.75) is 24.8 Å². The number of benzene rings is 2. The number of hydrogen-bond acceptors (Lipinski definition) is 4. The smallest absolute Gasteiger partial charge is 0.253 e. The lowest BCUT2D eigenvalue weighted by atomic mass is 10.1. The van der Waals surface area contributed by atoms with Gasteiger partial charge < -0.3 is 4.90 Å². The molecule has 1 heterocycles. The Hall–Kier alpha value is -2.66. The number of hydrogen-bond donors (Lipinski definition) is 1. The molecule has 0 spiro atoms. The maximum absolute atomic E-state index is 12.9. The minimum Gasteiger partial charge on any atom is -0.337 e. The summed E-state index contributed by atoms with van der Waals surface area (Å²) in [6.07, 6.45) is 6.00. The molecule has 6 nitrogen and oxygen atoms in total. The number of terminal acetylenes is 1. The van der Waals surface area contributed by atoms with E-state index in [1.54, 1.807) is 12.1 Å². The fraction of sp³-hybridized carbons (Fsp3) is 0.348. The topological polar surface area (TPSA) is 69.7 Å². The van der Waals surface area contributed by atoms with Crippen molar-refractivity contribution >= 4 is 15.9 Å². The zero-order chi connectivity index (χ0) is 21.6. The minimum atomic E-state index is -3.66. The van der Waals surface area contributed by atoms with Crippen LogP contribution in [0.5, 0.6) is 0 Å². The summed E-state index contributed by atoms with van der Waals surface area (Å²) in [5.41, 5.74) is 3.01. The molecular weight excluding hydrogens is 398 g/mol. The second kappa shape index (κ2) is 9.90. The predicted octanol–water partition coefficient (Wildman–Crippen LogP) is 2.25. The molecular formula is C23H27N3O3S. The first-order valence-corrected chi connectivity index (χ1v) is 11.5. The highest BCUT2D eigenvalue weighted by molar-refractivity contribution is 7.89. The van der Waals surface area contributed by atoms with Crippen molar-refractivity contribution in [3.05, 3.63) is 65.2 Å². The van der Waals surface area contributed by atoms with Crippen LogP contribution >= 0.6 is 0 Å². The Morgan fingerprint density at radius 3 is 2.40 bits per heavy atom. The fourth-order valence-corrected chi connectivity index (χ4v) is 4.40. The molecule has 7 heteroatoms. The van der Waals surface area contributed by atoms with E-state index >= 15 is 0 Å². The van der Waals surface area contributed by atoms with E-state index in [4.69, 9.17) is 6.42 Å². The molecule has 0 aromatic heterocycles. The van der Waals surface area contributed by atoms with E-state index in [-0.39, 0.29) is 17.3 Å². The third kappa shape index (κ3) is 5.70. The number of nitrogens with zero attached hydrogens (tertiary/aromatic N) is 2. The molecule has 0 bridgehead atoms. The molecule has 0 aliphatic carbocycles. The maximum Gasteiger partial charge on any atom is 0.253 e. The van der Waals surface area contributed by atoms with Crippen LogP contribution in [-0.2, 0) is 16.6 Å². The SMILES string of the molecule is C#CCNS(=O)(=O)c1ccc(C(=O)N2CCCN(Cc3ccc(C)cc3)CC2)cc1. The molecule has 0 radical (unpaired) electrons. The molecule has 2 aromatic carbocycles. The molecule has 158 valence electrons. The second-order valence-electron chi connectivity index (χ2n) is 7.46. The third-order valence-electron chi connectivity index (χ3n) is 5.18. The van der Waals surface area contributed by atoms with Crippen LogP contribution in [0.3, 0.4) is 0 Å². The van der Waals surface area contributed by atoms with Crippen molar-refractivity contribution in [2.75, 3.05) is 32.7 Å². The van der Waals surface area contributed by atoms with Gasteiger partial charge in [-0.1, -0.05) is 35.7 Å². The minimum absolute atomic E-state index is 0.0735. The van der Waals surface area contributed by atoms with Crippen molar-refractivity contribution in [1.82, 2.24) is 14.5 Å². The lowest BCUT2D eigenvalue weighted by molar-refractivity contribution is 0.0761. The number of amides is 1. The Kier molecular flexibility index (Phi) is 7.27. The van der Waals surface area contributed by atoms with Gasteiger partial charge in [0.1, 0.15) is 0 Å². The fourth-order valence-electron chi connectivity index (χ4n) is 3.46. The zero-order valence-corrected chi connectivity index (χ0v) is 18.0. The van der Waals surface area contributed by atoms with Gasteiger partial charge in [-0.2, -0.15) is 4.72 Å². The average molecular weight is 426 g/mol. The molecule has 1 saturated heterocycles. The lowest BCUT2D eigenvalue weighted by Crippen LogP contribution is -2.35. The van der Waals surface area contributed by atoms with Gasteiger partial charge in [-0.3, -0.25) is 9.69 Å². The number of nitrogens with one attached hydrogen (secondary N) is 1. The molecule has 1 amide bonds. The highest BCUT2D eigenvalue weighted by atomic mass is 32.2. The van der Waals surface area contributed by atoms with Crippen LogP contribution in [0.25, 0.3) is 0 Å². The Morgan fingerprint density at radius 2 is 1.73 bits per heavy atom. The van der Waals surface area contributed by atoms with E-state index < -0.39 is 10.0 Å². The Labute approximate surface area is 178 Å². The monoisotopic (exact) mass is 425 g/mol. The molecule has 1 N–H and O–H groups in total. The van der Waals surface area contributed by atoms with Crippen molar-refractivity contribution < 1.29 is 13.2 Å². The average Bonchev–Trinajstić information content (AvgIpc) is 2.99. The van der Waals surface area contributed by atoms with Crippen molar-refractivity contribution in [1.29, 1.82) is 0 Å². The van der Waals surface area contributed by atoms with Gasteiger partial charge in [-0.15, -0.1) is 6.42 Å². The zero-order valence-electron chi connectivity index (χ0n) is 17.2. The van der Waals surface area contributed by atoms with E-state index in [2.05, 4.69) is 46.7 Å². The van der Waals surface area contributed by atoms with Crippen LogP contribution in [0, 0.1) is 19.3 Å². The standard InChI is InChI=1S/C23H27N3O3S/c1-3-13-24-30(28,29)22-11-9-21(10-12-22)23(27)26-15-4-14-25(16-17-26)18-20-7-5-19(2)6-8-20/h1,5-12,24H,4,13-18H2,2H3. The van der Waals surface area contributed by atoms with Gasteiger partial charge in [0.2, 0.25) is 10.0 Å². The van der Waals surface area contributed by atoms with Crippen molar-refractivity contribution in [2.24, 2.45) is 0 Å². The van der Waals surface area contributed by atoms with E-state index in [9.17, 15) is 13.2 Å². The quantitative estimate of drug-likeness (QED) is 0.721. The molecule has 30 heavy (non-hydrogen) atoms. The summed E-state index contributed by atoms with van der Waals surface area (Å²) in [6.45, 7) is 5.96. The Morgan fingerprint density at radius 1 is 1.03 bits per heavy atom. The number of rotatable bonds is 6. The first-order valence-electron chi connectivity index (χ1n) is 9.99. The molecule has 3 rings (SSSR count). The summed E-state index contributed by atoms with van der Waals surface area (Å²) >= 11 is 0. The largest absolute Gasteiger partial charge is 0.337 e. The number of sulfonamides is 1. The van der Waals surface area contributed by atoms with Crippen LogP contribution in [0.15, 0.2) is 53.4 Å². The summed E-state index contributed by atoms with van der Waals surface area (Å²) in [5, 5.41) is 0. The number of carbonyl (C=O) groups excluding carboxylic acids is 1. The Balaban J connectivity index is 1.60. The van der Waals surface area contributed by atoms with Gasteiger partial charge >= 0.3 is 0 Å². The second-order valence-corrected chi connectivity index (χ2v) is 9.23. The van der Waals surface area contributed by atoms with Crippen molar-refractivity contribution in [3.63, 3.8) is 0 Å². The molecule has 1 aliphatic rings. The normalized spacial score (nSPS) is 15.4. The summed E-state index contributed by atoms with van der Waals surface area (Å²) in [4.78, 5) is 17.2. The summed E-state index contributed by atoms with van der Waals surface area (Å²) in [6, 6.07) is 14.5. The predicted molar refractivity (Wildman–Crippen MR) is 117 cm³/mol. The van der Waals surface area contributed by atoms with Gasteiger partial charge in [0.25, 0.3) is 5.91 Å². The highest BCUT2D eigenvalue weighted by Gasteiger charge is 2.21. The van der Waals surface area contributed by atoms with Crippen LogP contribution in [-0.4, -0.2) is 56.8 Å². The molecule has 0 saturated carbocycles. The lowest BCUT2D eigenvalue weighted by Gasteiger charge is -2.22. The van der Waals surface area contributed by atoms with Gasteiger partial charge in [0, 0.05) is 38.3 Å². The van der Waals surface area contributed by atoms with Crippen molar-refractivity contribution in [3.8, 4) is 12.3 Å². The van der Waals surface area contributed by atoms with E-state index in [1.807, 2.05) is 4.90 Å². The molecule has 1 aliphatic heterocycles. The molecule has 0 unspecified atom stereocenters. The van der Waals surface area contributed by atoms with Crippen LogP contribution < -0.4 is 4.72 Å². The van der Waals surface area contributed by atoms with E-state index in [0.717, 1.165) is 26.1 Å². The highest BCUT2D eigenvalue weighted by Crippen LogP contribution is 2.15. The van der Waals surface area contributed by atoms with E-state index in [1.165, 1.54) is 23.3 Å². The van der Waals surface area contributed by atoms with Crippen LogP contribution in [0.2, 0.25) is 0 Å². The third-order valence-corrected chi connectivity index (χ3v) is 6.60. The number of aryl methyl sites for hydroxylation is 1. The van der Waals surface area contributed by atoms with Gasteiger partial charge in [-0.05, 0) is 43.2 Å². The molecule has 1 fully saturated rings. The summed E-state index contributed by atoms with van der Waals surface area (Å²) in [7, 11) is -3.66. The first-order chi connectivity index (χ1) is 14.4. The van der Waals surface area contributed by atoms with Gasteiger partial charge in [0.05, 0.1) is 11.4 Å². The van der Waals surface area contributed by atoms with Gasteiger partial charge in [-0.25, -0.2) is 8.42 Å². The molecule has 2 aromatic rings. The molecule has 0 atom stereocenters. The summed E-state index contributed by atoms with van der Waals surface area (Å²) in [5.74, 6) is 2.16. The van der Waals surface area contributed by atoms with Crippen LogP contribution in [0.4, 0.5) is 0 Å². The van der Waals surface area contributed by atoms with E-state index in [0.29, 0.717) is 18.7 Å².